The smallest absolute Gasteiger partial charge is 0.0994 e. The Hall–Kier alpha value is -0.860. The summed E-state index contributed by atoms with van der Waals surface area (Å²) in [5, 5.41) is 10.5. The maximum Gasteiger partial charge on any atom is 0.0994 e. The lowest BCUT2D eigenvalue weighted by Gasteiger charge is -2.33. The van der Waals surface area contributed by atoms with Crippen LogP contribution in [0.4, 0.5) is 0 Å². The first-order valence-electron chi connectivity index (χ1n) is 6.17. The van der Waals surface area contributed by atoms with E-state index < -0.39 is 5.60 Å². The van der Waals surface area contributed by atoms with E-state index >= 15 is 0 Å². The van der Waals surface area contributed by atoms with Gasteiger partial charge in [0.05, 0.1) is 5.60 Å². The van der Waals surface area contributed by atoms with Crippen molar-refractivity contribution in [1.82, 2.24) is 4.90 Å². The van der Waals surface area contributed by atoms with Crippen molar-refractivity contribution < 1.29 is 5.11 Å². The lowest BCUT2D eigenvalue weighted by atomic mass is 9.93. The molecule has 1 aromatic rings. The van der Waals surface area contributed by atoms with Crippen molar-refractivity contribution in [3.8, 4) is 0 Å². The molecule has 2 heteroatoms. The molecule has 0 saturated carbocycles. The average Bonchev–Trinajstić information content (AvgIpc) is 2.15. The summed E-state index contributed by atoms with van der Waals surface area (Å²) in [6, 6.07) is 9.86. The van der Waals surface area contributed by atoms with Crippen LogP contribution < -0.4 is 0 Å². The lowest BCUT2D eigenvalue weighted by Crippen LogP contribution is -2.40. The highest BCUT2D eigenvalue weighted by atomic mass is 16.3. The van der Waals surface area contributed by atoms with Crippen molar-refractivity contribution in [3.05, 3.63) is 35.9 Å². The molecule has 0 radical (unpaired) electrons. The minimum atomic E-state index is -0.790. The SMILES string of the molecule is CN(CC(C)(C)C)CC(C)(O)c1ccccc1. The zero-order valence-electron chi connectivity index (χ0n) is 11.7. The Kier molecular flexibility index (Phi) is 4.34. The molecule has 0 saturated heterocycles. The quantitative estimate of drug-likeness (QED) is 0.867. The Bertz CT molecular complexity index is 338. The molecule has 1 atom stereocenters. The normalized spacial score (nSPS) is 15.9. The van der Waals surface area contributed by atoms with Gasteiger partial charge in [-0.25, -0.2) is 0 Å². The topological polar surface area (TPSA) is 23.5 Å². The van der Waals surface area contributed by atoms with Crippen LogP contribution in [-0.2, 0) is 5.60 Å². The van der Waals surface area contributed by atoms with E-state index in [0.717, 1.165) is 12.1 Å². The maximum absolute atomic E-state index is 10.5. The minimum absolute atomic E-state index is 0.252. The molecule has 1 aromatic carbocycles. The van der Waals surface area contributed by atoms with E-state index in [2.05, 4.69) is 32.7 Å². The zero-order valence-corrected chi connectivity index (χ0v) is 11.7. The first-order valence-corrected chi connectivity index (χ1v) is 6.17. The fourth-order valence-electron chi connectivity index (χ4n) is 2.28. The summed E-state index contributed by atoms with van der Waals surface area (Å²) in [4.78, 5) is 2.19. The molecule has 0 aliphatic heterocycles. The van der Waals surface area contributed by atoms with Crippen LogP contribution in [0.25, 0.3) is 0 Å². The summed E-state index contributed by atoms with van der Waals surface area (Å²) in [5.74, 6) is 0. The van der Waals surface area contributed by atoms with Gasteiger partial charge < -0.3 is 10.0 Å². The van der Waals surface area contributed by atoms with Crippen molar-refractivity contribution in [3.63, 3.8) is 0 Å². The first-order chi connectivity index (χ1) is 7.71. The van der Waals surface area contributed by atoms with Crippen molar-refractivity contribution in [2.24, 2.45) is 5.41 Å². The zero-order chi connectivity index (χ0) is 13.1. The van der Waals surface area contributed by atoms with Gasteiger partial charge in [-0.05, 0) is 24.9 Å². The van der Waals surface area contributed by atoms with Crippen LogP contribution in [0.5, 0.6) is 0 Å². The van der Waals surface area contributed by atoms with Gasteiger partial charge in [0, 0.05) is 13.1 Å². The Morgan fingerprint density at radius 2 is 1.53 bits per heavy atom. The second-order valence-electron chi connectivity index (χ2n) is 6.37. The largest absolute Gasteiger partial charge is 0.384 e. The van der Waals surface area contributed by atoms with Crippen LogP contribution in [0.3, 0.4) is 0 Å². The number of rotatable bonds is 4. The molecule has 0 heterocycles. The number of benzene rings is 1. The fraction of sp³-hybridized carbons (Fsp3) is 0.600. The van der Waals surface area contributed by atoms with E-state index in [1.165, 1.54) is 0 Å². The standard InChI is InChI=1S/C15H25NO/c1-14(2,3)11-16(5)12-15(4,17)13-9-7-6-8-10-13/h6-10,17H,11-12H2,1-5H3. The summed E-state index contributed by atoms with van der Waals surface area (Å²) in [6.45, 7) is 10.1. The third-order valence-corrected chi connectivity index (χ3v) is 2.72. The monoisotopic (exact) mass is 235 g/mol. The summed E-state index contributed by atoms with van der Waals surface area (Å²) < 4.78 is 0. The van der Waals surface area contributed by atoms with Gasteiger partial charge in [-0.15, -0.1) is 0 Å². The van der Waals surface area contributed by atoms with E-state index in [1.807, 2.05) is 37.3 Å². The molecule has 1 N–H and O–H groups in total. The van der Waals surface area contributed by atoms with Gasteiger partial charge in [-0.3, -0.25) is 0 Å². The Morgan fingerprint density at radius 3 is 2.00 bits per heavy atom. The van der Waals surface area contributed by atoms with Crippen LogP contribution >= 0.6 is 0 Å². The molecular formula is C15H25NO. The molecule has 0 aromatic heterocycles. The predicted octanol–water partition coefficient (Wildman–Crippen LogP) is 2.87. The molecule has 0 amide bonds. The molecule has 0 spiro atoms. The van der Waals surface area contributed by atoms with Crippen molar-refractivity contribution in [1.29, 1.82) is 0 Å². The van der Waals surface area contributed by atoms with E-state index in [1.54, 1.807) is 0 Å². The van der Waals surface area contributed by atoms with Crippen LogP contribution in [0.1, 0.15) is 33.3 Å². The van der Waals surface area contributed by atoms with Gasteiger partial charge >= 0.3 is 0 Å². The molecular weight excluding hydrogens is 210 g/mol. The Labute approximate surface area is 105 Å². The summed E-state index contributed by atoms with van der Waals surface area (Å²) >= 11 is 0. The van der Waals surface area contributed by atoms with Crippen LogP contribution in [0, 0.1) is 5.41 Å². The molecule has 0 aliphatic carbocycles. The highest BCUT2D eigenvalue weighted by Crippen LogP contribution is 2.23. The van der Waals surface area contributed by atoms with E-state index in [4.69, 9.17) is 0 Å². The van der Waals surface area contributed by atoms with Gasteiger partial charge in [0.15, 0.2) is 0 Å². The Morgan fingerprint density at radius 1 is 1.00 bits per heavy atom. The van der Waals surface area contributed by atoms with Gasteiger partial charge in [-0.2, -0.15) is 0 Å². The van der Waals surface area contributed by atoms with E-state index in [9.17, 15) is 5.11 Å². The fourth-order valence-corrected chi connectivity index (χ4v) is 2.28. The predicted molar refractivity (Wildman–Crippen MR) is 73.0 cm³/mol. The van der Waals surface area contributed by atoms with E-state index in [-0.39, 0.29) is 5.41 Å². The molecule has 0 fully saturated rings. The second kappa shape index (κ2) is 5.19. The van der Waals surface area contributed by atoms with Crippen molar-refractivity contribution >= 4 is 0 Å². The number of likely N-dealkylation sites (N-methyl/N-ethyl adjacent to an activating group) is 1. The third-order valence-electron chi connectivity index (χ3n) is 2.72. The number of aliphatic hydroxyl groups is 1. The number of nitrogens with zero attached hydrogens (tertiary/aromatic N) is 1. The molecule has 0 bridgehead atoms. The summed E-state index contributed by atoms with van der Waals surface area (Å²) in [6.07, 6.45) is 0. The van der Waals surface area contributed by atoms with Gasteiger partial charge in [0.25, 0.3) is 0 Å². The number of hydrogen-bond acceptors (Lipinski definition) is 2. The Balaban J connectivity index is 2.67. The van der Waals surface area contributed by atoms with Crippen LogP contribution in [-0.4, -0.2) is 30.1 Å². The minimum Gasteiger partial charge on any atom is -0.384 e. The highest BCUT2D eigenvalue weighted by Gasteiger charge is 2.26. The highest BCUT2D eigenvalue weighted by molar-refractivity contribution is 5.21. The average molecular weight is 235 g/mol. The number of hydrogen-bond donors (Lipinski definition) is 1. The molecule has 17 heavy (non-hydrogen) atoms. The first kappa shape index (κ1) is 14.2. The van der Waals surface area contributed by atoms with Gasteiger partial charge in [0.1, 0.15) is 0 Å². The maximum atomic E-state index is 10.5. The van der Waals surface area contributed by atoms with Crippen LogP contribution in [0.2, 0.25) is 0 Å². The molecule has 1 rings (SSSR count). The van der Waals surface area contributed by atoms with Crippen molar-refractivity contribution in [2.75, 3.05) is 20.1 Å². The second-order valence-corrected chi connectivity index (χ2v) is 6.37. The molecule has 96 valence electrons. The molecule has 1 unspecified atom stereocenters. The summed E-state index contributed by atoms with van der Waals surface area (Å²) in [5.41, 5.74) is 0.434. The van der Waals surface area contributed by atoms with Gasteiger partial charge in [0.2, 0.25) is 0 Å². The van der Waals surface area contributed by atoms with Crippen molar-refractivity contribution in [2.45, 2.75) is 33.3 Å². The van der Waals surface area contributed by atoms with Gasteiger partial charge in [-0.1, -0.05) is 51.1 Å². The molecule has 0 aliphatic rings. The third kappa shape index (κ3) is 4.88. The lowest BCUT2D eigenvalue weighted by molar-refractivity contribution is 0.0157. The summed E-state index contributed by atoms with van der Waals surface area (Å²) in [7, 11) is 2.06. The van der Waals surface area contributed by atoms with E-state index in [0.29, 0.717) is 6.54 Å². The van der Waals surface area contributed by atoms with Crippen LogP contribution in [0.15, 0.2) is 30.3 Å². The molecule has 2 nitrogen and oxygen atoms in total.